The molecule has 0 aliphatic rings. The van der Waals surface area contributed by atoms with E-state index in [9.17, 15) is 0 Å². The molecule has 0 amide bonds. The standard InChI is InChI=1S/C33H31NP2/c1-27(2)32-25-15-16-26-33(32)34(35(28-17-7-3-8-18-28)29-19-9-4-10-20-29)36(30-21-11-5-12-22-30)31-23-13-6-14-24-31/h3-27H,1-2H3. The van der Waals surface area contributed by atoms with Crippen molar-refractivity contribution < 1.29 is 0 Å². The highest BCUT2D eigenvalue weighted by Crippen LogP contribution is 2.58. The molecule has 5 aromatic rings. The molecule has 0 fully saturated rings. The predicted octanol–water partition coefficient (Wildman–Crippen LogP) is 7.71. The SMILES string of the molecule is CC(C)c1ccccc1N(P(c1ccccc1)c1ccccc1)P(c1ccccc1)c1ccccc1. The topological polar surface area (TPSA) is 3.24 Å². The molecule has 0 radical (unpaired) electrons. The van der Waals surface area contributed by atoms with E-state index in [0.29, 0.717) is 5.92 Å². The van der Waals surface area contributed by atoms with E-state index in [4.69, 9.17) is 0 Å². The van der Waals surface area contributed by atoms with Gasteiger partial charge in [-0.25, -0.2) is 0 Å². The number of benzene rings is 5. The lowest BCUT2D eigenvalue weighted by molar-refractivity contribution is 0.868. The van der Waals surface area contributed by atoms with Crippen molar-refractivity contribution in [2.45, 2.75) is 19.8 Å². The first-order chi connectivity index (χ1) is 17.7. The van der Waals surface area contributed by atoms with E-state index >= 15 is 0 Å². The van der Waals surface area contributed by atoms with Gasteiger partial charge in [0.1, 0.15) is 0 Å². The third kappa shape index (κ3) is 5.29. The molecular weight excluding hydrogens is 472 g/mol. The summed E-state index contributed by atoms with van der Waals surface area (Å²) < 4.78 is 2.77. The van der Waals surface area contributed by atoms with Gasteiger partial charge in [0.15, 0.2) is 0 Å². The molecule has 0 atom stereocenters. The Morgan fingerprint density at radius 1 is 0.417 bits per heavy atom. The van der Waals surface area contributed by atoms with Crippen molar-refractivity contribution >= 4 is 43.1 Å². The monoisotopic (exact) mass is 503 g/mol. The summed E-state index contributed by atoms with van der Waals surface area (Å²) in [6.07, 6.45) is 0. The normalized spacial score (nSPS) is 11.2. The minimum Gasteiger partial charge on any atom is -0.313 e. The molecule has 0 bridgehead atoms. The number of rotatable bonds is 8. The molecule has 5 rings (SSSR count). The molecule has 1 nitrogen and oxygen atoms in total. The van der Waals surface area contributed by atoms with Gasteiger partial charge in [0.25, 0.3) is 0 Å². The van der Waals surface area contributed by atoms with Crippen LogP contribution in [0.3, 0.4) is 0 Å². The van der Waals surface area contributed by atoms with Gasteiger partial charge in [0.05, 0.1) is 16.1 Å². The van der Waals surface area contributed by atoms with Crippen molar-refractivity contribution in [1.29, 1.82) is 0 Å². The van der Waals surface area contributed by atoms with Gasteiger partial charge in [-0.2, -0.15) is 0 Å². The van der Waals surface area contributed by atoms with Crippen molar-refractivity contribution in [1.82, 2.24) is 0 Å². The van der Waals surface area contributed by atoms with Gasteiger partial charge in [0.2, 0.25) is 0 Å². The first-order valence-corrected chi connectivity index (χ1v) is 15.0. The van der Waals surface area contributed by atoms with E-state index in [-0.39, 0.29) is 0 Å². The minimum atomic E-state index is -0.856. The van der Waals surface area contributed by atoms with Gasteiger partial charge in [0, 0.05) is 26.9 Å². The smallest absolute Gasteiger partial charge is 0.0590 e. The van der Waals surface area contributed by atoms with Crippen LogP contribution in [0.2, 0.25) is 0 Å². The largest absolute Gasteiger partial charge is 0.313 e. The lowest BCUT2D eigenvalue weighted by atomic mass is 10.0. The minimum absolute atomic E-state index is 0.412. The highest BCUT2D eigenvalue weighted by atomic mass is 31.2. The second-order valence-corrected chi connectivity index (χ2v) is 13.4. The van der Waals surface area contributed by atoms with E-state index < -0.39 is 16.1 Å². The van der Waals surface area contributed by atoms with Crippen LogP contribution in [0, 0.1) is 0 Å². The average molecular weight is 504 g/mol. The van der Waals surface area contributed by atoms with Crippen LogP contribution in [0.25, 0.3) is 0 Å². The molecule has 0 saturated heterocycles. The van der Waals surface area contributed by atoms with E-state index in [1.165, 1.54) is 32.5 Å². The Bertz CT molecular complexity index is 1190. The van der Waals surface area contributed by atoms with Crippen LogP contribution in [-0.4, -0.2) is 0 Å². The number of para-hydroxylation sites is 1. The lowest BCUT2D eigenvalue weighted by Gasteiger charge is -2.42. The predicted molar refractivity (Wildman–Crippen MR) is 161 cm³/mol. The van der Waals surface area contributed by atoms with Crippen LogP contribution in [0.4, 0.5) is 5.69 Å². The fourth-order valence-corrected chi connectivity index (χ4v) is 10.5. The summed E-state index contributed by atoms with van der Waals surface area (Å²) in [5.41, 5.74) is 2.71. The van der Waals surface area contributed by atoms with Crippen LogP contribution in [0.15, 0.2) is 146 Å². The number of hydrogen-bond donors (Lipinski definition) is 0. The maximum atomic E-state index is 2.77. The van der Waals surface area contributed by atoms with Crippen LogP contribution < -0.4 is 25.7 Å². The zero-order valence-corrected chi connectivity index (χ0v) is 22.6. The van der Waals surface area contributed by atoms with Gasteiger partial charge in [-0.1, -0.05) is 153 Å². The van der Waals surface area contributed by atoms with Crippen molar-refractivity contribution in [3.05, 3.63) is 151 Å². The molecule has 0 unspecified atom stereocenters. The Balaban J connectivity index is 1.84. The van der Waals surface area contributed by atoms with Crippen molar-refractivity contribution in [3.8, 4) is 0 Å². The molecule has 3 heteroatoms. The second kappa shape index (κ2) is 11.7. The van der Waals surface area contributed by atoms with E-state index in [2.05, 4.69) is 164 Å². The molecule has 0 spiro atoms. The quantitative estimate of drug-likeness (QED) is 0.196. The van der Waals surface area contributed by atoms with Crippen LogP contribution in [-0.2, 0) is 0 Å². The lowest BCUT2D eigenvalue weighted by Crippen LogP contribution is -2.32. The number of nitrogens with zero attached hydrogens (tertiary/aromatic N) is 1. The molecule has 5 aromatic carbocycles. The second-order valence-electron chi connectivity index (χ2n) is 8.97. The third-order valence-electron chi connectivity index (χ3n) is 6.16. The molecule has 0 aromatic heterocycles. The number of anilines is 1. The van der Waals surface area contributed by atoms with Gasteiger partial charge in [-0.05, 0) is 17.5 Å². The summed E-state index contributed by atoms with van der Waals surface area (Å²) in [6.45, 7) is 4.61. The Morgan fingerprint density at radius 3 is 1.06 bits per heavy atom. The van der Waals surface area contributed by atoms with Crippen LogP contribution >= 0.6 is 16.1 Å². The molecule has 0 aliphatic carbocycles. The Morgan fingerprint density at radius 2 is 0.722 bits per heavy atom. The van der Waals surface area contributed by atoms with E-state index in [0.717, 1.165) is 0 Å². The summed E-state index contributed by atoms with van der Waals surface area (Å²) in [6, 6.07) is 53.3. The first-order valence-electron chi connectivity index (χ1n) is 12.4. The Labute approximate surface area is 218 Å². The number of hydrogen-bond acceptors (Lipinski definition) is 1. The van der Waals surface area contributed by atoms with Crippen LogP contribution in [0.1, 0.15) is 25.3 Å². The maximum absolute atomic E-state index is 2.77. The maximum Gasteiger partial charge on any atom is 0.0590 e. The summed E-state index contributed by atoms with van der Waals surface area (Å²) in [7, 11) is -1.71. The Kier molecular flexibility index (Phi) is 7.92. The van der Waals surface area contributed by atoms with Gasteiger partial charge in [-0.3, -0.25) is 0 Å². The molecule has 0 saturated carbocycles. The zero-order valence-electron chi connectivity index (χ0n) is 20.8. The molecule has 0 aliphatic heterocycles. The third-order valence-corrected chi connectivity index (χ3v) is 11.6. The molecule has 178 valence electrons. The summed E-state index contributed by atoms with van der Waals surface area (Å²) >= 11 is 0. The zero-order chi connectivity index (χ0) is 24.7. The summed E-state index contributed by atoms with van der Waals surface area (Å²) in [4.78, 5) is 0. The van der Waals surface area contributed by atoms with Gasteiger partial charge in [-0.15, -0.1) is 0 Å². The molecule has 36 heavy (non-hydrogen) atoms. The fourth-order valence-electron chi connectivity index (χ4n) is 4.48. The summed E-state index contributed by atoms with van der Waals surface area (Å²) in [5, 5.41) is 5.43. The van der Waals surface area contributed by atoms with E-state index in [1.807, 2.05) is 0 Å². The van der Waals surface area contributed by atoms with Crippen molar-refractivity contribution in [3.63, 3.8) is 0 Å². The average Bonchev–Trinajstić information content (AvgIpc) is 2.95. The molecular formula is C33H31NP2. The Hall–Kier alpha value is -3.24. The highest BCUT2D eigenvalue weighted by Gasteiger charge is 2.33. The van der Waals surface area contributed by atoms with Gasteiger partial charge >= 0.3 is 0 Å². The van der Waals surface area contributed by atoms with Crippen molar-refractivity contribution in [2.24, 2.45) is 0 Å². The first kappa shape index (κ1) is 24.5. The molecule has 0 N–H and O–H groups in total. The highest BCUT2D eigenvalue weighted by molar-refractivity contribution is 7.90. The summed E-state index contributed by atoms with van der Waals surface area (Å²) in [5.74, 6) is 0.412. The van der Waals surface area contributed by atoms with Crippen LogP contribution in [0.5, 0.6) is 0 Å². The van der Waals surface area contributed by atoms with Gasteiger partial charge < -0.3 is 4.44 Å². The van der Waals surface area contributed by atoms with E-state index in [1.54, 1.807) is 0 Å². The molecule has 0 heterocycles. The van der Waals surface area contributed by atoms with Crippen molar-refractivity contribution in [2.75, 3.05) is 4.44 Å². The fraction of sp³-hybridized carbons (Fsp3) is 0.0909.